The first-order valence-electron chi connectivity index (χ1n) is 9.72. The molecule has 0 aromatic heterocycles. The van der Waals surface area contributed by atoms with Crippen LogP contribution in [0.2, 0.25) is 5.02 Å². The van der Waals surface area contributed by atoms with Gasteiger partial charge in [-0.3, -0.25) is 4.79 Å². The molecule has 1 atom stereocenters. The highest BCUT2D eigenvalue weighted by atomic mass is 35.5. The summed E-state index contributed by atoms with van der Waals surface area (Å²) in [4.78, 5) is 13.7. The van der Waals surface area contributed by atoms with E-state index < -0.39 is 5.72 Å². The van der Waals surface area contributed by atoms with Gasteiger partial charge < -0.3 is 9.64 Å². The first-order chi connectivity index (χ1) is 13.6. The molecule has 2 aromatic rings. The Morgan fingerprint density at radius 2 is 1.86 bits per heavy atom. The molecule has 0 unspecified atom stereocenters. The lowest BCUT2D eigenvalue weighted by molar-refractivity contribution is -0.158. The molecular weight excluding hydrogens is 374 g/mol. The number of ether oxygens (including phenoxy) is 1. The van der Waals surface area contributed by atoms with Gasteiger partial charge in [0.15, 0.2) is 0 Å². The number of likely N-dealkylation sites (tertiary alicyclic amines) is 1. The first kappa shape index (κ1) is 17.6. The van der Waals surface area contributed by atoms with Crippen LogP contribution >= 0.6 is 11.6 Å². The molecule has 0 radical (unpaired) electrons. The van der Waals surface area contributed by atoms with Crippen LogP contribution in [-0.4, -0.2) is 40.3 Å². The molecule has 144 valence electrons. The average molecular weight is 396 g/mol. The maximum atomic E-state index is 11.8. The predicted octanol–water partition coefficient (Wildman–Crippen LogP) is 4.22. The molecule has 1 amide bonds. The van der Waals surface area contributed by atoms with E-state index in [0.717, 1.165) is 41.3 Å². The van der Waals surface area contributed by atoms with E-state index in [0.29, 0.717) is 13.1 Å². The van der Waals surface area contributed by atoms with Crippen molar-refractivity contribution in [3.8, 4) is 5.75 Å². The summed E-state index contributed by atoms with van der Waals surface area (Å²) in [5, 5.41) is 7.92. The Kier molecular flexibility index (Phi) is 4.09. The monoisotopic (exact) mass is 395 g/mol. The van der Waals surface area contributed by atoms with Gasteiger partial charge in [-0.15, -0.1) is 0 Å². The fourth-order valence-corrected chi connectivity index (χ4v) is 4.67. The number of nitrogens with zero attached hydrogens (tertiary/aromatic N) is 3. The largest absolute Gasteiger partial charge is 0.466 e. The zero-order valence-corrected chi connectivity index (χ0v) is 16.5. The molecule has 1 fully saturated rings. The summed E-state index contributed by atoms with van der Waals surface area (Å²) in [5.74, 6) is 1.06. The van der Waals surface area contributed by atoms with Gasteiger partial charge in [-0.1, -0.05) is 41.9 Å². The van der Waals surface area contributed by atoms with E-state index in [2.05, 4.69) is 17.1 Å². The van der Waals surface area contributed by atoms with Crippen LogP contribution in [0.25, 0.3) is 0 Å². The number of piperidine rings is 1. The van der Waals surface area contributed by atoms with Crippen molar-refractivity contribution in [2.24, 2.45) is 5.10 Å². The number of fused-ring (bicyclic) bond motifs is 4. The number of hydrogen-bond acceptors (Lipinski definition) is 4. The highest BCUT2D eigenvalue weighted by Crippen LogP contribution is 2.49. The summed E-state index contributed by atoms with van der Waals surface area (Å²) < 4.78 is 6.57. The fourth-order valence-electron chi connectivity index (χ4n) is 4.55. The van der Waals surface area contributed by atoms with Crippen LogP contribution in [0.4, 0.5) is 0 Å². The second-order valence-corrected chi connectivity index (χ2v) is 8.15. The second-order valence-electron chi connectivity index (χ2n) is 7.71. The van der Waals surface area contributed by atoms with Crippen LogP contribution < -0.4 is 4.74 Å². The smallest absolute Gasteiger partial charge is 0.219 e. The third kappa shape index (κ3) is 2.76. The van der Waals surface area contributed by atoms with Gasteiger partial charge in [-0.25, -0.2) is 5.01 Å². The van der Waals surface area contributed by atoms with E-state index in [1.165, 1.54) is 5.56 Å². The van der Waals surface area contributed by atoms with Crippen LogP contribution in [-0.2, 0) is 4.79 Å². The van der Waals surface area contributed by atoms with Crippen LogP contribution in [0.1, 0.15) is 43.4 Å². The molecule has 28 heavy (non-hydrogen) atoms. The predicted molar refractivity (Wildman–Crippen MR) is 108 cm³/mol. The van der Waals surface area contributed by atoms with Crippen molar-refractivity contribution >= 4 is 23.2 Å². The minimum absolute atomic E-state index is 0.120. The number of para-hydroxylation sites is 1. The van der Waals surface area contributed by atoms with Gasteiger partial charge in [0.05, 0.1) is 11.8 Å². The topological polar surface area (TPSA) is 45.1 Å². The Morgan fingerprint density at radius 3 is 2.57 bits per heavy atom. The number of carbonyl (C=O) groups is 1. The molecule has 3 aliphatic heterocycles. The van der Waals surface area contributed by atoms with Crippen LogP contribution in [0.5, 0.6) is 5.75 Å². The highest BCUT2D eigenvalue weighted by Gasteiger charge is 2.51. The van der Waals surface area contributed by atoms with Crippen molar-refractivity contribution in [1.29, 1.82) is 0 Å². The van der Waals surface area contributed by atoms with E-state index in [1.54, 1.807) is 6.92 Å². The van der Waals surface area contributed by atoms with Crippen LogP contribution in [0, 0.1) is 0 Å². The highest BCUT2D eigenvalue weighted by molar-refractivity contribution is 6.30. The Morgan fingerprint density at radius 1 is 1.14 bits per heavy atom. The molecule has 0 saturated carbocycles. The van der Waals surface area contributed by atoms with Crippen molar-refractivity contribution in [3.63, 3.8) is 0 Å². The van der Waals surface area contributed by atoms with Gasteiger partial charge in [0, 0.05) is 49.9 Å². The lowest BCUT2D eigenvalue weighted by Crippen LogP contribution is -2.59. The Hall–Kier alpha value is -2.53. The van der Waals surface area contributed by atoms with E-state index >= 15 is 0 Å². The summed E-state index contributed by atoms with van der Waals surface area (Å²) in [6, 6.07) is 16.3. The summed E-state index contributed by atoms with van der Waals surface area (Å²) in [5.41, 5.74) is 2.82. The van der Waals surface area contributed by atoms with Gasteiger partial charge in [0.1, 0.15) is 5.75 Å². The van der Waals surface area contributed by atoms with Gasteiger partial charge in [0.2, 0.25) is 11.6 Å². The molecule has 1 spiro atoms. The van der Waals surface area contributed by atoms with Gasteiger partial charge in [-0.2, -0.15) is 5.10 Å². The molecule has 5 nitrogen and oxygen atoms in total. The average Bonchev–Trinajstić information content (AvgIpc) is 3.16. The quantitative estimate of drug-likeness (QED) is 0.726. The molecule has 5 rings (SSSR count). The zero-order valence-electron chi connectivity index (χ0n) is 15.8. The van der Waals surface area contributed by atoms with Crippen molar-refractivity contribution in [2.75, 3.05) is 13.1 Å². The van der Waals surface area contributed by atoms with Crippen LogP contribution in [0.3, 0.4) is 0 Å². The summed E-state index contributed by atoms with van der Waals surface area (Å²) in [6.45, 7) is 3.00. The second kappa shape index (κ2) is 6.52. The molecule has 0 bridgehead atoms. The molecule has 6 heteroatoms. The zero-order chi connectivity index (χ0) is 19.3. The first-order valence-corrected chi connectivity index (χ1v) is 10.1. The number of amides is 1. The Bertz CT molecular complexity index is 949. The number of benzene rings is 2. The standard InChI is InChI=1S/C22H22ClN3O2/c1-15(27)25-12-10-22(11-13-25)26-20(18-4-2-3-5-21(18)28-22)14-19(24-26)16-6-8-17(23)9-7-16/h2-9,20H,10-14H2,1H3/t20-/m0/s1. The number of halogens is 1. The molecule has 0 N–H and O–H groups in total. The molecule has 3 heterocycles. The Balaban J connectivity index is 1.53. The van der Waals surface area contributed by atoms with Gasteiger partial charge in [-0.05, 0) is 23.8 Å². The lowest BCUT2D eigenvalue weighted by Gasteiger charge is -2.51. The van der Waals surface area contributed by atoms with Crippen molar-refractivity contribution in [3.05, 3.63) is 64.7 Å². The number of hydrazone groups is 1. The Labute approximate surface area is 169 Å². The number of rotatable bonds is 1. The van der Waals surface area contributed by atoms with Crippen molar-refractivity contribution in [2.45, 2.75) is 38.0 Å². The molecule has 1 saturated heterocycles. The third-order valence-corrected chi connectivity index (χ3v) is 6.33. The number of carbonyl (C=O) groups excluding carboxylic acids is 1. The summed E-state index contributed by atoms with van der Waals surface area (Å²) in [6.07, 6.45) is 2.32. The summed E-state index contributed by atoms with van der Waals surface area (Å²) in [7, 11) is 0. The van der Waals surface area contributed by atoms with E-state index in [4.69, 9.17) is 21.4 Å². The summed E-state index contributed by atoms with van der Waals surface area (Å²) >= 11 is 6.06. The fraction of sp³-hybridized carbons (Fsp3) is 0.364. The van der Waals surface area contributed by atoms with E-state index in [9.17, 15) is 4.79 Å². The molecule has 3 aliphatic rings. The lowest BCUT2D eigenvalue weighted by atomic mass is 9.90. The van der Waals surface area contributed by atoms with E-state index in [-0.39, 0.29) is 11.9 Å². The van der Waals surface area contributed by atoms with Gasteiger partial charge in [0.25, 0.3) is 0 Å². The molecular formula is C22H22ClN3O2. The third-order valence-electron chi connectivity index (χ3n) is 6.07. The van der Waals surface area contributed by atoms with Crippen molar-refractivity contribution in [1.82, 2.24) is 9.91 Å². The van der Waals surface area contributed by atoms with Crippen molar-refractivity contribution < 1.29 is 9.53 Å². The number of hydrogen-bond donors (Lipinski definition) is 0. The SMILES string of the molecule is CC(=O)N1CCC2(CC1)Oc1ccccc1[C@@H]1CC(c3ccc(Cl)cc3)=NN12. The van der Waals surface area contributed by atoms with Gasteiger partial charge >= 0.3 is 0 Å². The maximum Gasteiger partial charge on any atom is 0.219 e. The maximum absolute atomic E-state index is 11.8. The van der Waals surface area contributed by atoms with Crippen LogP contribution in [0.15, 0.2) is 53.6 Å². The van der Waals surface area contributed by atoms with E-state index in [1.807, 2.05) is 41.3 Å². The molecule has 2 aromatic carbocycles. The minimum Gasteiger partial charge on any atom is -0.466 e. The molecule has 0 aliphatic carbocycles. The normalized spacial score (nSPS) is 22.4. The minimum atomic E-state index is -0.501.